The third kappa shape index (κ3) is 11.3. The lowest BCUT2D eigenvalue weighted by molar-refractivity contribution is -0.147. The van der Waals surface area contributed by atoms with Crippen LogP contribution in [0.3, 0.4) is 0 Å². The minimum Gasteiger partial charge on any atom is -0.484 e. The van der Waals surface area contributed by atoms with E-state index >= 15 is 0 Å². The summed E-state index contributed by atoms with van der Waals surface area (Å²) in [5.41, 5.74) is 0.823. The number of allylic oxidation sites excluding steroid dienone is 3. The van der Waals surface area contributed by atoms with E-state index in [1.807, 2.05) is 40.7 Å². The van der Waals surface area contributed by atoms with Crippen molar-refractivity contribution in [2.75, 3.05) is 0 Å². The van der Waals surface area contributed by atoms with Crippen LogP contribution in [0.2, 0.25) is 0 Å². The normalized spacial score (nSPS) is 14.5. The number of carbonyl (C=O) groups is 1. The first-order valence-electron chi connectivity index (χ1n) is 9.38. The SMILES string of the molecule is CC(/C=C/CC(C)CCCC(C)C)=C(/OC(C)C)C(=O)OC(C)C. The van der Waals surface area contributed by atoms with E-state index in [-0.39, 0.29) is 18.2 Å². The van der Waals surface area contributed by atoms with Crippen molar-refractivity contribution in [2.45, 2.75) is 93.3 Å². The van der Waals surface area contributed by atoms with Gasteiger partial charge in [0.25, 0.3) is 0 Å². The van der Waals surface area contributed by atoms with Crippen LogP contribution < -0.4 is 0 Å². The Labute approximate surface area is 149 Å². The average Bonchev–Trinajstić information content (AvgIpc) is 2.43. The van der Waals surface area contributed by atoms with Gasteiger partial charge in [0.1, 0.15) is 0 Å². The topological polar surface area (TPSA) is 35.5 Å². The molecular weight excluding hydrogens is 300 g/mol. The molecule has 0 heterocycles. The second-order valence-corrected chi connectivity index (χ2v) is 7.70. The number of hydrogen-bond acceptors (Lipinski definition) is 3. The molecule has 0 spiro atoms. The van der Waals surface area contributed by atoms with Crippen LogP contribution in [0, 0.1) is 11.8 Å². The number of rotatable bonds is 11. The highest BCUT2D eigenvalue weighted by molar-refractivity contribution is 5.87. The summed E-state index contributed by atoms with van der Waals surface area (Å²) < 4.78 is 11.0. The van der Waals surface area contributed by atoms with Crippen LogP contribution in [0.25, 0.3) is 0 Å². The molecule has 0 saturated heterocycles. The van der Waals surface area contributed by atoms with Crippen LogP contribution in [-0.4, -0.2) is 18.2 Å². The van der Waals surface area contributed by atoms with Crippen molar-refractivity contribution in [3.8, 4) is 0 Å². The minimum atomic E-state index is -0.383. The molecule has 0 N–H and O–H groups in total. The second kappa shape index (κ2) is 12.2. The number of carbonyl (C=O) groups excluding carboxylic acids is 1. The molecule has 0 aliphatic rings. The molecule has 0 rings (SSSR count). The highest BCUT2D eigenvalue weighted by Crippen LogP contribution is 2.18. The zero-order chi connectivity index (χ0) is 18.7. The molecule has 0 aliphatic carbocycles. The molecule has 3 heteroatoms. The molecule has 0 amide bonds. The minimum absolute atomic E-state index is 0.0574. The van der Waals surface area contributed by atoms with E-state index in [1.165, 1.54) is 19.3 Å². The maximum atomic E-state index is 12.2. The summed E-state index contributed by atoms with van der Waals surface area (Å²) in [5, 5.41) is 0. The summed E-state index contributed by atoms with van der Waals surface area (Å²) in [7, 11) is 0. The molecule has 24 heavy (non-hydrogen) atoms. The molecule has 0 bridgehead atoms. The first-order valence-corrected chi connectivity index (χ1v) is 9.38. The Bertz CT molecular complexity index is 417. The lowest BCUT2D eigenvalue weighted by Crippen LogP contribution is -2.19. The molecule has 0 aromatic carbocycles. The standard InChI is InChI=1S/C21H38O3/c1-15(2)11-9-12-18(7)13-10-14-19(8)20(23-16(3)4)21(22)24-17(5)6/h10,14-18H,9,11-13H2,1-8H3/b14-10+,20-19-. The maximum absolute atomic E-state index is 12.2. The molecule has 0 aromatic heterocycles. The van der Waals surface area contributed by atoms with Crippen molar-refractivity contribution in [2.24, 2.45) is 11.8 Å². The van der Waals surface area contributed by atoms with E-state index in [1.54, 1.807) is 0 Å². The summed E-state index contributed by atoms with van der Waals surface area (Å²) in [6.07, 6.45) is 8.75. The Morgan fingerprint density at radius 2 is 1.50 bits per heavy atom. The fraction of sp³-hybridized carbons (Fsp3) is 0.762. The van der Waals surface area contributed by atoms with Gasteiger partial charge in [0.15, 0.2) is 0 Å². The van der Waals surface area contributed by atoms with Gasteiger partial charge in [0, 0.05) is 0 Å². The van der Waals surface area contributed by atoms with E-state index in [4.69, 9.17) is 9.47 Å². The summed E-state index contributed by atoms with van der Waals surface area (Å²) >= 11 is 0. The van der Waals surface area contributed by atoms with Gasteiger partial charge in [0.2, 0.25) is 5.76 Å². The van der Waals surface area contributed by atoms with Crippen LogP contribution in [0.5, 0.6) is 0 Å². The van der Waals surface area contributed by atoms with E-state index < -0.39 is 0 Å². The number of esters is 1. The van der Waals surface area contributed by atoms with E-state index in [0.717, 1.165) is 17.9 Å². The lowest BCUT2D eigenvalue weighted by Gasteiger charge is -2.16. The van der Waals surface area contributed by atoms with Crippen LogP contribution in [0.1, 0.15) is 81.1 Å². The van der Waals surface area contributed by atoms with E-state index in [2.05, 4.69) is 26.8 Å². The van der Waals surface area contributed by atoms with Crippen molar-refractivity contribution >= 4 is 5.97 Å². The first kappa shape index (κ1) is 22.8. The molecule has 1 atom stereocenters. The van der Waals surface area contributed by atoms with Gasteiger partial charge in [-0.1, -0.05) is 52.2 Å². The van der Waals surface area contributed by atoms with Crippen molar-refractivity contribution in [3.05, 3.63) is 23.5 Å². The van der Waals surface area contributed by atoms with Crippen molar-refractivity contribution in [1.29, 1.82) is 0 Å². The Kier molecular flexibility index (Phi) is 11.5. The molecule has 140 valence electrons. The van der Waals surface area contributed by atoms with Gasteiger partial charge in [-0.25, -0.2) is 4.79 Å². The smallest absolute Gasteiger partial charge is 0.374 e. The van der Waals surface area contributed by atoms with Gasteiger partial charge in [-0.05, 0) is 58.4 Å². The maximum Gasteiger partial charge on any atom is 0.374 e. The Morgan fingerprint density at radius 1 is 0.917 bits per heavy atom. The molecular formula is C21H38O3. The van der Waals surface area contributed by atoms with Gasteiger partial charge in [-0.3, -0.25) is 0 Å². The van der Waals surface area contributed by atoms with E-state index in [9.17, 15) is 4.79 Å². The van der Waals surface area contributed by atoms with Crippen LogP contribution >= 0.6 is 0 Å². The summed E-state index contributed by atoms with van der Waals surface area (Å²) in [6, 6.07) is 0. The largest absolute Gasteiger partial charge is 0.484 e. The molecule has 0 radical (unpaired) electrons. The monoisotopic (exact) mass is 338 g/mol. The number of ether oxygens (including phenoxy) is 2. The van der Waals surface area contributed by atoms with Crippen molar-refractivity contribution < 1.29 is 14.3 Å². The fourth-order valence-corrected chi connectivity index (χ4v) is 2.35. The van der Waals surface area contributed by atoms with Crippen molar-refractivity contribution in [1.82, 2.24) is 0 Å². The number of hydrogen-bond donors (Lipinski definition) is 0. The summed E-state index contributed by atoms with van der Waals surface area (Å²) in [6.45, 7) is 16.2. The highest BCUT2D eigenvalue weighted by Gasteiger charge is 2.18. The van der Waals surface area contributed by atoms with Crippen LogP contribution in [0.4, 0.5) is 0 Å². The quantitative estimate of drug-likeness (QED) is 0.199. The van der Waals surface area contributed by atoms with Crippen LogP contribution in [0.15, 0.2) is 23.5 Å². The van der Waals surface area contributed by atoms with Crippen LogP contribution in [-0.2, 0) is 14.3 Å². The molecule has 3 nitrogen and oxygen atoms in total. The average molecular weight is 339 g/mol. The van der Waals surface area contributed by atoms with Gasteiger partial charge in [-0.2, -0.15) is 0 Å². The Balaban J connectivity index is 4.71. The third-order valence-corrected chi connectivity index (χ3v) is 3.62. The third-order valence-electron chi connectivity index (χ3n) is 3.62. The zero-order valence-electron chi connectivity index (χ0n) is 17.0. The molecule has 0 aliphatic heterocycles. The Morgan fingerprint density at radius 3 is 2.00 bits per heavy atom. The van der Waals surface area contributed by atoms with Gasteiger partial charge >= 0.3 is 5.97 Å². The summed E-state index contributed by atoms with van der Waals surface area (Å²) in [5.74, 6) is 1.37. The molecule has 0 fully saturated rings. The molecule has 0 saturated carbocycles. The summed E-state index contributed by atoms with van der Waals surface area (Å²) in [4.78, 5) is 12.2. The lowest BCUT2D eigenvalue weighted by atomic mass is 9.97. The highest BCUT2D eigenvalue weighted by atomic mass is 16.6. The van der Waals surface area contributed by atoms with E-state index in [0.29, 0.717) is 11.7 Å². The zero-order valence-corrected chi connectivity index (χ0v) is 17.0. The molecule has 0 aromatic rings. The van der Waals surface area contributed by atoms with Gasteiger partial charge in [0.05, 0.1) is 12.2 Å². The predicted molar refractivity (Wildman–Crippen MR) is 102 cm³/mol. The molecule has 1 unspecified atom stereocenters. The Hall–Kier alpha value is -1.25. The fourth-order valence-electron chi connectivity index (χ4n) is 2.35. The first-order chi connectivity index (χ1) is 11.1. The second-order valence-electron chi connectivity index (χ2n) is 7.70. The predicted octanol–water partition coefficient (Wildman–Crippen LogP) is 6.05. The van der Waals surface area contributed by atoms with Crippen molar-refractivity contribution in [3.63, 3.8) is 0 Å². The van der Waals surface area contributed by atoms with Gasteiger partial charge in [-0.15, -0.1) is 0 Å². The van der Waals surface area contributed by atoms with Gasteiger partial charge < -0.3 is 9.47 Å².